The summed E-state index contributed by atoms with van der Waals surface area (Å²) in [5.74, 6) is -1.90. The lowest BCUT2D eigenvalue weighted by atomic mass is 10.1. The van der Waals surface area contributed by atoms with Crippen LogP contribution in [0.15, 0.2) is 42.5 Å². The molecule has 0 atom stereocenters. The van der Waals surface area contributed by atoms with E-state index in [1.54, 1.807) is 0 Å². The lowest BCUT2D eigenvalue weighted by Crippen LogP contribution is -2.12. The summed E-state index contributed by atoms with van der Waals surface area (Å²) in [7, 11) is 0. The van der Waals surface area contributed by atoms with Gasteiger partial charge in [0.1, 0.15) is 5.75 Å². The fourth-order valence-corrected chi connectivity index (χ4v) is 1.65. The van der Waals surface area contributed by atoms with Crippen molar-refractivity contribution in [3.63, 3.8) is 0 Å². The van der Waals surface area contributed by atoms with Crippen molar-refractivity contribution in [1.82, 2.24) is 0 Å². The maximum absolute atomic E-state index is 12.0. The molecular weight excluding hydrogens is 272 g/mol. The van der Waals surface area contributed by atoms with E-state index in [4.69, 9.17) is 11.7 Å². The van der Waals surface area contributed by atoms with Crippen LogP contribution in [-0.2, 0) is 0 Å². The highest BCUT2D eigenvalue weighted by atomic mass is 16.4. The van der Waals surface area contributed by atoms with E-state index in [0.29, 0.717) is 11.3 Å². The quantitative estimate of drug-likeness (QED) is 0.596. The summed E-state index contributed by atoms with van der Waals surface area (Å²) in [6.45, 7) is 6.83. The van der Waals surface area contributed by atoms with E-state index in [1.165, 1.54) is 42.5 Å². The Hall–Kier alpha value is -3.33. The number of rotatable bonds is 3. The van der Waals surface area contributed by atoms with Gasteiger partial charge in [-0.25, -0.2) is 9.64 Å². The van der Waals surface area contributed by atoms with Crippen molar-refractivity contribution in [3.8, 4) is 5.75 Å². The van der Waals surface area contributed by atoms with Crippen LogP contribution in [0, 0.1) is 6.57 Å². The topological polar surface area (TPSA) is 91.0 Å². The summed E-state index contributed by atoms with van der Waals surface area (Å²) in [6.07, 6.45) is 0. The second-order valence-electron chi connectivity index (χ2n) is 4.15. The Balaban J connectivity index is 2.24. The van der Waals surface area contributed by atoms with Crippen molar-refractivity contribution >= 4 is 23.3 Å². The van der Waals surface area contributed by atoms with Gasteiger partial charge in [0, 0.05) is 5.56 Å². The first-order chi connectivity index (χ1) is 10.0. The van der Waals surface area contributed by atoms with Gasteiger partial charge in [-0.05, 0) is 18.2 Å². The fourth-order valence-electron chi connectivity index (χ4n) is 1.65. The number of carboxylic acids is 1. The van der Waals surface area contributed by atoms with E-state index in [-0.39, 0.29) is 17.0 Å². The predicted molar refractivity (Wildman–Crippen MR) is 75.7 cm³/mol. The molecule has 1 amide bonds. The molecule has 0 radical (unpaired) electrons. The summed E-state index contributed by atoms with van der Waals surface area (Å²) >= 11 is 0. The molecule has 104 valence electrons. The standard InChI is InChI=1S/C15H10N2O4/c1-16-11-5-2-9(3-6-11)14(19)17-12-8-10(15(20)21)4-7-13(12)18/h2-8,18H,(H,17,19)(H,20,21). The predicted octanol–water partition coefficient (Wildman–Crippen LogP) is 2.89. The molecule has 0 saturated carbocycles. The van der Waals surface area contributed by atoms with E-state index in [9.17, 15) is 14.7 Å². The molecule has 2 aromatic rings. The molecule has 6 heteroatoms. The van der Waals surface area contributed by atoms with Gasteiger partial charge in [-0.2, -0.15) is 0 Å². The fraction of sp³-hybridized carbons (Fsp3) is 0. The van der Waals surface area contributed by atoms with E-state index in [1.807, 2.05) is 0 Å². The average molecular weight is 282 g/mol. The molecule has 0 spiro atoms. The molecule has 0 unspecified atom stereocenters. The molecule has 0 fully saturated rings. The van der Waals surface area contributed by atoms with Crippen LogP contribution in [0.2, 0.25) is 0 Å². The average Bonchev–Trinajstić information content (AvgIpc) is 2.49. The number of aromatic hydroxyl groups is 1. The Morgan fingerprint density at radius 3 is 2.24 bits per heavy atom. The smallest absolute Gasteiger partial charge is 0.335 e. The number of nitrogens with zero attached hydrogens (tertiary/aromatic N) is 1. The number of carboxylic acid groups (broad SMARTS) is 1. The van der Waals surface area contributed by atoms with Gasteiger partial charge >= 0.3 is 5.97 Å². The van der Waals surface area contributed by atoms with Gasteiger partial charge in [0.25, 0.3) is 5.91 Å². The van der Waals surface area contributed by atoms with Gasteiger partial charge < -0.3 is 15.5 Å². The van der Waals surface area contributed by atoms with Gasteiger partial charge in [-0.15, -0.1) is 0 Å². The van der Waals surface area contributed by atoms with E-state index in [2.05, 4.69) is 10.2 Å². The lowest BCUT2D eigenvalue weighted by molar-refractivity contribution is 0.0696. The van der Waals surface area contributed by atoms with Crippen molar-refractivity contribution in [2.24, 2.45) is 0 Å². The van der Waals surface area contributed by atoms with Gasteiger partial charge in [-0.3, -0.25) is 4.79 Å². The van der Waals surface area contributed by atoms with Crippen LogP contribution in [0.25, 0.3) is 4.85 Å². The highest BCUT2D eigenvalue weighted by molar-refractivity contribution is 6.05. The number of phenolic OH excluding ortho intramolecular Hbond substituents is 1. The largest absolute Gasteiger partial charge is 0.506 e. The molecule has 2 aromatic carbocycles. The third-order valence-electron chi connectivity index (χ3n) is 2.75. The summed E-state index contributed by atoms with van der Waals surface area (Å²) in [5, 5.41) is 21.0. The Morgan fingerprint density at radius 2 is 1.67 bits per heavy atom. The van der Waals surface area contributed by atoms with Crippen LogP contribution < -0.4 is 5.32 Å². The molecule has 3 N–H and O–H groups in total. The lowest BCUT2D eigenvalue weighted by Gasteiger charge is -2.08. The van der Waals surface area contributed by atoms with Crippen LogP contribution in [0.1, 0.15) is 20.7 Å². The number of hydrogen-bond acceptors (Lipinski definition) is 3. The first-order valence-electron chi connectivity index (χ1n) is 5.86. The molecular formula is C15H10N2O4. The summed E-state index contributed by atoms with van der Waals surface area (Å²) in [4.78, 5) is 26.1. The first-order valence-corrected chi connectivity index (χ1v) is 5.86. The minimum atomic E-state index is -1.16. The highest BCUT2D eigenvalue weighted by Crippen LogP contribution is 2.25. The van der Waals surface area contributed by atoms with Crippen LogP contribution in [-0.4, -0.2) is 22.1 Å². The number of amides is 1. The van der Waals surface area contributed by atoms with E-state index < -0.39 is 11.9 Å². The molecule has 0 saturated heterocycles. The minimum absolute atomic E-state index is 0.00848. The zero-order valence-corrected chi connectivity index (χ0v) is 10.7. The van der Waals surface area contributed by atoms with Crippen molar-refractivity contribution in [2.45, 2.75) is 0 Å². The Kier molecular flexibility index (Phi) is 3.86. The first kappa shape index (κ1) is 14.1. The van der Waals surface area contributed by atoms with E-state index in [0.717, 1.165) is 0 Å². The Morgan fingerprint density at radius 1 is 1.05 bits per heavy atom. The van der Waals surface area contributed by atoms with Gasteiger partial charge in [0.15, 0.2) is 5.69 Å². The monoisotopic (exact) mass is 282 g/mol. The Bertz CT molecular complexity index is 745. The van der Waals surface area contributed by atoms with Crippen molar-refractivity contribution in [1.29, 1.82) is 0 Å². The molecule has 21 heavy (non-hydrogen) atoms. The molecule has 0 aromatic heterocycles. The van der Waals surface area contributed by atoms with Gasteiger partial charge in [0.05, 0.1) is 17.8 Å². The Labute approximate surface area is 120 Å². The number of aromatic carboxylic acids is 1. The van der Waals surface area contributed by atoms with Gasteiger partial charge in [-0.1, -0.05) is 24.3 Å². The summed E-state index contributed by atoms with van der Waals surface area (Å²) in [5.41, 5.74) is 0.658. The van der Waals surface area contributed by atoms with Crippen LogP contribution in [0.5, 0.6) is 5.75 Å². The molecule has 6 nitrogen and oxygen atoms in total. The van der Waals surface area contributed by atoms with Crippen LogP contribution >= 0.6 is 0 Å². The molecule has 0 heterocycles. The van der Waals surface area contributed by atoms with E-state index >= 15 is 0 Å². The molecule has 2 rings (SSSR count). The zero-order valence-electron chi connectivity index (χ0n) is 10.7. The van der Waals surface area contributed by atoms with Gasteiger partial charge in [0.2, 0.25) is 0 Å². The number of anilines is 1. The second kappa shape index (κ2) is 5.75. The number of benzene rings is 2. The van der Waals surface area contributed by atoms with Crippen molar-refractivity contribution in [2.75, 3.05) is 5.32 Å². The zero-order chi connectivity index (χ0) is 15.4. The normalized spacial score (nSPS) is 9.67. The number of hydrogen-bond donors (Lipinski definition) is 3. The maximum atomic E-state index is 12.0. The number of carbonyl (C=O) groups excluding carboxylic acids is 1. The molecule has 0 aliphatic heterocycles. The number of nitrogens with one attached hydrogen (secondary N) is 1. The van der Waals surface area contributed by atoms with Crippen LogP contribution in [0.3, 0.4) is 0 Å². The molecule has 0 bridgehead atoms. The third-order valence-corrected chi connectivity index (χ3v) is 2.75. The molecule has 0 aliphatic rings. The second-order valence-corrected chi connectivity index (χ2v) is 4.15. The maximum Gasteiger partial charge on any atom is 0.335 e. The van der Waals surface area contributed by atoms with Crippen LogP contribution in [0.4, 0.5) is 11.4 Å². The number of carbonyl (C=O) groups is 2. The molecule has 0 aliphatic carbocycles. The SMILES string of the molecule is [C-]#[N+]c1ccc(C(=O)Nc2cc(C(=O)O)ccc2O)cc1. The highest BCUT2D eigenvalue weighted by Gasteiger charge is 2.12. The number of phenols is 1. The minimum Gasteiger partial charge on any atom is -0.506 e. The summed E-state index contributed by atoms with van der Waals surface area (Å²) < 4.78 is 0. The summed E-state index contributed by atoms with van der Waals surface area (Å²) in [6, 6.07) is 9.54. The van der Waals surface area contributed by atoms with Crippen molar-refractivity contribution < 1.29 is 19.8 Å². The third kappa shape index (κ3) is 3.16. The van der Waals surface area contributed by atoms with Crippen molar-refractivity contribution in [3.05, 3.63) is 65.0 Å².